The lowest BCUT2D eigenvalue weighted by Crippen LogP contribution is -2.29. The minimum atomic E-state index is 0.483. The van der Waals surface area contributed by atoms with E-state index in [2.05, 4.69) is 43.4 Å². The molecule has 0 spiro atoms. The van der Waals surface area contributed by atoms with Gasteiger partial charge in [0.05, 0.1) is 6.61 Å². The number of rotatable bonds is 3. The molecule has 0 radical (unpaired) electrons. The Bertz CT molecular complexity index is 329. The van der Waals surface area contributed by atoms with Gasteiger partial charge >= 0.3 is 0 Å². The summed E-state index contributed by atoms with van der Waals surface area (Å²) < 4.78 is 5.47. The van der Waals surface area contributed by atoms with Crippen molar-refractivity contribution in [3.8, 4) is 0 Å². The molecular formula is C14H21NO. The van der Waals surface area contributed by atoms with Gasteiger partial charge in [0.1, 0.15) is 0 Å². The molecule has 16 heavy (non-hydrogen) atoms. The van der Waals surface area contributed by atoms with E-state index in [-0.39, 0.29) is 0 Å². The molecule has 1 N–H and O–H groups in total. The van der Waals surface area contributed by atoms with Gasteiger partial charge in [0.25, 0.3) is 0 Å². The molecule has 1 aromatic rings. The van der Waals surface area contributed by atoms with Crippen LogP contribution >= 0.6 is 0 Å². The lowest BCUT2D eigenvalue weighted by atomic mass is 10.0. The monoisotopic (exact) mass is 219 g/mol. The van der Waals surface area contributed by atoms with Crippen LogP contribution in [0.15, 0.2) is 24.3 Å². The standard InChI is InChI=1S/C14H21NO/c1-11(2)12-5-3-6-13(9-12)15-14-7-4-8-16-10-14/h3,5-6,9,11,14-15H,4,7-8,10H2,1-2H3. The Morgan fingerprint density at radius 1 is 1.38 bits per heavy atom. The Morgan fingerprint density at radius 3 is 2.94 bits per heavy atom. The predicted octanol–water partition coefficient (Wildman–Crippen LogP) is 3.40. The van der Waals surface area contributed by atoms with E-state index in [0.29, 0.717) is 12.0 Å². The molecule has 0 aliphatic carbocycles. The Labute approximate surface area is 98.0 Å². The van der Waals surface area contributed by atoms with Crippen LogP contribution in [0.1, 0.15) is 38.2 Å². The van der Waals surface area contributed by atoms with E-state index in [1.165, 1.54) is 24.1 Å². The van der Waals surface area contributed by atoms with Crippen LogP contribution < -0.4 is 5.32 Å². The maximum Gasteiger partial charge on any atom is 0.0667 e. The molecule has 1 aromatic carbocycles. The van der Waals surface area contributed by atoms with Crippen molar-refractivity contribution in [2.24, 2.45) is 0 Å². The van der Waals surface area contributed by atoms with E-state index in [4.69, 9.17) is 4.74 Å². The second kappa shape index (κ2) is 5.35. The van der Waals surface area contributed by atoms with Crippen LogP contribution in [0.2, 0.25) is 0 Å². The Balaban J connectivity index is 2.00. The van der Waals surface area contributed by atoms with Gasteiger partial charge in [-0.3, -0.25) is 0 Å². The van der Waals surface area contributed by atoms with Gasteiger partial charge in [-0.15, -0.1) is 0 Å². The summed E-state index contributed by atoms with van der Waals surface area (Å²) in [4.78, 5) is 0. The van der Waals surface area contributed by atoms with E-state index in [9.17, 15) is 0 Å². The van der Waals surface area contributed by atoms with Gasteiger partial charge in [0.15, 0.2) is 0 Å². The van der Waals surface area contributed by atoms with Crippen LogP contribution in [0.3, 0.4) is 0 Å². The van der Waals surface area contributed by atoms with Gasteiger partial charge in [0, 0.05) is 18.3 Å². The average Bonchev–Trinajstić information content (AvgIpc) is 2.30. The average molecular weight is 219 g/mol. The van der Waals surface area contributed by atoms with E-state index >= 15 is 0 Å². The summed E-state index contributed by atoms with van der Waals surface area (Å²) in [6.45, 7) is 6.21. The Hall–Kier alpha value is -1.02. The third-order valence-corrected chi connectivity index (χ3v) is 3.08. The molecule has 2 rings (SSSR count). The molecule has 1 fully saturated rings. The van der Waals surface area contributed by atoms with Crippen LogP contribution in [0.5, 0.6) is 0 Å². The number of benzene rings is 1. The zero-order chi connectivity index (χ0) is 11.4. The minimum absolute atomic E-state index is 0.483. The summed E-state index contributed by atoms with van der Waals surface area (Å²) in [6, 6.07) is 9.19. The molecule has 2 heteroatoms. The van der Waals surface area contributed by atoms with Gasteiger partial charge in [-0.2, -0.15) is 0 Å². The first kappa shape index (κ1) is 11.5. The Kier molecular flexibility index (Phi) is 3.83. The van der Waals surface area contributed by atoms with Crippen molar-refractivity contribution in [2.45, 2.75) is 38.6 Å². The van der Waals surface area contributed by atoms with E-state index < -0.39 is 0 Å². The second-order valence-electron chi connectivity index (χ2n) is 4.84. The van der Waals surface area contributed by atoms with Gasteiger partial charge in [-0.1, -0.05) is 26.0 Å². The van der Waals surface area contributed by atoms with Crippen molar-refractivity contribution < 1.29 is 4.74 Å². The van der Waals surface area contributed by atoms with Crippen molar-refractivity contribution >= 4 is 5.69 Å². The smallest absolute Gasteiger partial charge is 0.0667 e. The lowest BCUT2D eigenvalue weighted by Gasteiger charge is -2.24. The predicted molar refractivity (Wildman–Crippen MR) is 68.0 cm³/mol. The molecule has 0 saturated carbocycles. The van der Waals surface area contributed by atoms with Crippen molar-refractivity contribution in [1.82, 2.24) is 0 Å². The molecule has 1 saturated heterocycles. The van der Waals surface area contributed by atoms with E-state index in [0.717, 1.165) is 13.2 Å². The normalized spacial score (nSPS) is 21.1. The van der Waals surface area contributed by atoms with Crippen LogP contribution in [-0.4, -0.2) is 19.3 Å². The molecule has 0 bridgehead atoms. The van der Waals surface area contributed by atoms with Gasteiger partial charge < -0.3 is 10.1 Å². The summed E-state index contributed by atoms with van der Waals surface area (Å²) in [6.07, 6.45) is 2.38. The molecule has 1 aliphatic heterocycles. The molecule has 1 heterocycles. The van der Waals surface area contributed by atoms with Crippen LogP contribution in [0.4, 0.5) is 5.69 Å². The van der Waals surface area contributed by atoms with E-state index in [1.54, 1.807) is 0 Å². The van der Waals surface area contributed by atoms with Crippen LogP contribution in [0.25, 0.3) is 0 Å². The Morgan fingerprint density at radius 2 is 2.25 bits per heavy atom. The zero-order valence-electron chi connectivity index (χ0n) is 10.2. The molecule has 88 valence electrons. The molecular weight excluding hydrogens is 198 g/mol. The third kappa shape index (κ3) is 2.99. The summed E-state index contributed by atoms with van der Waals surface area (Å²) >= 11 is 0. The second-order valence-corrected chi connectivity index (χ2v) is 4.84. The summed E-state index contributed by atoms with van der Waals surface area (Å²) in [7, 11) is 0. The van der Waals surface area contributed by atoms with Gasteiger partial charge in [-0.25, -0.2) is 0 Å². The SMILES string of the molecule is CC(C)c1cccc(NC2CCCOC2)c1. The fourth-order valence-electron chi connectivity index (χ4n) is 2.08. The number of hydrogen-bond donors (Lipinski definition) is 1. The van der Waals surface area contributed by atoms with Crippen molar-refractivity contribution in [3.63, 3.8) is 0 Å². The van der Waals surface area contributed by atoms with Gasteiger partial charge in [0.2, 0.25) is 0 Å². The fraction of sp³-hybridized carbons (Fsp3) is 0.571. The maximum absolute atomic E-state index is 5.47. The molecule has 0 aromatic heterocycles. The topological polar surface area (TPSA) is 21.3 Å². The summed E-state index contributed by atoms with van der Waals surface area (Å²) in [5, 5.41) is 3.55. The quantitative estimate of drug-likeness (QED) is 0.841. The number of ether oxygens (including phenoxy) is 1. The largest absolute Gasteiger partial charge is 0.380 e. The van der Waals surface area contributed by atoms with Crippen molar-refractivity contribution in [3.05, 3.63) is 29.8 Å². The zero-order valence-corrected chi connectivity index (χ0v) is 10.2. The first-order valence-electron chi connectivity index (χ1n) is 6.20. The lowest BCUT2D eigenvalue weighted by molar-refractivity contribution is 0.0876. The highest BCUT2D eigenvalue weighted by Gasteiger charge is 2.13. The van der Waals surface area contributed by atoms with Gasteiger partial charge in [-0.05, 0) is 36.5 Å². The van der Waals surface area contributed by atoms with Crippen LogP contribution in [0, 0.1) is 0 Å². The summed E-state index contributed by atoms with van der Waals surface area (Å²) in [5.41, 5.74) is 2.61. The number of anilines is 1. The molecule has 0 amide bonds. The molecule has 1 unspecified atom stereocenters. The maximum atomic E-state index is 5.47. The first-order chi connectivity index (χ1) is 7.75. The third-order valence-electron chi connectivity index (χ3n) is 3.08. The first-order valence-corrected chi connectivity index (χ1v) is 6.20. The molecule has 2 nitrogen and oxygen atoms in total. The van der Waals surface area contributed by atoms with E-state index in [1.807, 2.05) is 0 Å². The highest BCUT2D eigenvalue weighted by Crippen LogP contribution is 2.20. The van der Waals surface area contributed by atoms with Crippen molar-refractivity contribution in [2.75, 3.05) is 18.5 Å². The highest BCUT2D eigenvalue weighted by atomic mass is 16.5. The summed E-state index contributed by atoms with van der Waals surface area (Å²) in [5.74, 6) is 0.587. The van der Waals surface area contributed by atoms with Crippen LogP contribution in [-0.2, 0) is 4.74 Å². The molecule has 1 atom stereocenters. The number of nitrogens with one attached hydrogen (secondary N) is 1. The molecule has 1 aliphatic rings. The van der Waals surface area contributed by atoms with Crippen molar-refractivity contribution in [1.29, 1.82) is 0 Å². The minimum Gasteiger partial charge on any atom is -0.380 e. The number of hydrogen-bond acceptors (Lipinski definition) is 2. The fourth-order valence-corrected chi connectivity index (χ4v) is 2.08. The highest BCUT2D eigenvalue weighted by molar-refractivity contribution is 5.47.